The highest BCUT2D eigenvalue weighted by molar-refractivity contribution is 9.10. The number of nitrogens with one attached hydrogen (secondary N) is 1. The van der Waals surface area contributed by atoms with E-state index in [1.54, 1.807) is 23.0 Å². The molecule has 1 N–H and O–H groups in total. The maximum atomic E-state index is 12.4. The fraction of sp³-hybridized carbons (Fsp3) is 0.227. The molecule has 1 aliphatic heterocycles. The number of hydrogen-bond donors (Lipinski definition) is 1. The van der Waals surface area contributed by atoms with Crippen molar-refractivity contribution in [3.05, 3.63) is 82.1 Å². The van der Waals surface area contributed by atoms with Gasteiger partial charge >= 0.3 is 0 Å². The number of carbonyl (C=O) groups excluding carboxylic acids is 2. The van der Waals surface area contributed by atoms with E-state index >= 15 is 0 Å². The van der Waals surface area contributed by atoms with Gasteiger partial charge in [0.25, 0.3) is 11.8 Å². The Morgan fingerprint density at radius 1 is 0.966 bits per heavy atom. The van der Waals surface area contributed by atoms with Crippen LogP contribution in [0.3, 0.4) is 0 Å². The van der Waals surface area contributed by atoms with E-state index in [9.17, 15) is 9.59 Å². The number of likely N-dealkylation sites (tertiary alicyclic amines) is 1. The van der Waals surface area contributed by atoms with Crippen LogP contribution in [0.2, 0.25) is 0 Å². The van der Waals surface area contributed by atoms with Crippen molar-refractivity contribution >= 4 is 27.7 Å². The Morgan fingerprint density at radius 2 is 1.62 bits per heavy atom. The highest BCUT2D eigenvalue weighted by Gasteiger charge is 2.19. The van der Waals surface area contributed by atoms with Crippen LogP contribution in [0.4, 0.5) is 0 Å². The molecule has 6 nitrogen and oxygen atoms in total. The lowest BCUT2D eigenvalue weighted by Gasteiger charge is -2.15. The second-order valence-corrected chi connectivity index (χ2v) is 7.94. The molecule has 0 atom stereocenters. The number of nitrogens with zero attached hydrogens (tertiary/aromatic N) is 3. The minimum Gasteiger partial charge on any atom is -0.348 e. The van der Waals surface area contributed by atoms with E-state index in [1.165, 1.54) is 0 Å². The highest BCUT2D eigenvalue weighted by Crippen LogP contribution is 2.15. The van der Waals surface area contributed by atoms with Crippen LogP contribution in [0.5, 0.6) is 0 Å². The molecular weight excluding hydrogens is 432 g/mol. The zero-order valence-electron chi connectivity index (χ0n) is 15.8. The Labute approximate surface area is 177 Å². The third-order valence-electron chi connectivity index (χ3n) is 4.99. The molecule has 0 aliphatic carbocycles. The van der Waals surface area contributed by atoms with Crippen LogP contribution < -0.4 is 5.32 Å². The number of hydrogen-bond acceptors (Lipinski definition) is 3. The average molecular weight is 453 g/mol. The molecule has 2 aromatic carbocycles. The third-order valence-corrected chi connectivity index (χ3v) is 5.40. The van der Waals surface area contributed by atoms with Crippen LogP contribution in [0.25, 0.3) is 5.69 Å². The first-order chi connectivity index (χ1) is 14.1. The van der Waals surface area contributed by atoms with Gasteiger partial charge in [-0.05, 0) is 70.7 Å². The number of benzene rings is 2. The summed E-state index contributed by atoms with van der Waals surface area (Å²) in [6, 6.07) is 14.7. The molecule has 29 heavy (non-hydrogen) atoms. The molecule has 0 saturated carbocycles. The maximum absolute atomic E-state index is 12.4. The standard InChI is InChI=1S/C22H21BrN4O2/c23-19-14-25-27(15-19)20-9-7-17(8-10-20)21(28)24-13-16-3-5-18(6-4-16)22(29)26-11-1-2-12-26/h3-10,14-15H,1-2,11-13H2,(H,24,28). The van der Waals surface area contributed by atoms with Gasteiger partial charge < -0.3 is 10.2 Å². The van der Waals surface area contributed by atoms with Crippen molar-refractivity contribution in [1.29, 1.82) is 0 Å². The largest absolute Gasteiger partial charge is 0.348 e. The van der Waals surface area contributed by atoms with Crippen molar-refractivity contribution in [2.45, 2.75) is 19.4 Å². The van der Waals surface area contributed by atoms with Gasteiger partial charge in [-0.25, -0.2) is 4.68 Å². The number of halogens is 1. The van der Waals surface area contributed by atoms with E-state index in [-0.39, 0.29) is 11.8 Å². The number of aromatic nitrogens is 2. The first kappa shape index (κ1) is 19.4. The third kappa shape index (κ3) is 4.56. The summed E-state index contributed by atoms with van der Waals surface area (Å²) in [5, 5.41) is 7.14. The quantitative estimate of drug-likeness (QED) is 0.639. The van der Waals surface area contributed by atoms with Crippen LogP contribution in [-0.4, -0.2) is 39.6 Å². The van der Waals surface area contributed by atoms with E-state index in [2.05, 4.69) is 26.3 Å². The molecule has 0 radical (unpaired) electrons. The van der Waals surface area contributed by atoms with Crippen LogP contribution in [0.1, 0.15) is 39.1 Å². The van der Waals surface area contributed by atoms with Gasteiger partial charge in [-0.15, -0.1) is 0 Å². The van der Waals surface area contributed by atoms with Crippen molar-refractivity contribution in [2.75, 3.05) is 13.1 Å². The minimum atomic E-state index is -0.143. The normalized spacial score (nSPS) is 13.5. The summed E-state index contributed by atoms with van der Waals surface area (Å²) < 4.78 is 2.63. The van der Waals surface area contributed by atoms with Crippen molar-refractivity contribution in [3.63, 3.8) is 0 Å². The molecule has 1 saturated heterocycles. The molecule has 1 aliphatic rings. The van der Waals surface area contributed by atoms with Gasteiger partial charge in [-0.1, -0.05) is 12.1 Å². The first-order valence-electron chi connectivity index (χ1n) is 9.57. The van der Waals surface area contributed by atoms with Crippen LogP contribution >= 0.6 is 15.9 Å². The summed E-state index contributed by atoms with van der Waals surface area (Å²) in [6.45, 7) is 2.09. The molecule has 1 aromatic heterocycles. The first-order valence-corrected chi connectivity index (χ1v) is 10.4. The summed E-state index contributed by atoms with van der Waals surface area (Å²) in [5.41, 5.74) is 3.11. The van der Waals surface area contributed by atoms with Gasteiger partial charge in [0.2, 0.25) is 0 Å². The second kappa shape index (κ2) is 8.61. The molecule has 2 heterocycles. The number of amides is 2. The lowest BCUT2D eigenvalue weighted by Crippen LogP contribution is -2.27. The summed E-state index contributed by atoms with van der Waals surface area (Å²) in [5.74, 6) is -0.0576. The molecule has 0 bridgehead atoms. The summed E-state index contributed by atoms with van der Waals surface area (Å²) in [7, 11) is 0. The Balaban J connectivity index is 1.33. The van der Waals surface area contributed by atoms with E-state index < -0.39 is 0 Å². The minimum absolute atomic E-state index is 0.0855. The topological polar surface area (TPSA) is 67.2 Å². The van der Waals surface area contributed by atoms with E-state index in [0.29, 0.717) is 17.7 Å². The molecule has 148 valence electrons. The van der Waals surface area contributed by atoms with Crippen molar-refractivity contribution in [1.82, 2.24) is 20.0 Å². The SMILES string of the molecule is O=C(NCc1ccc(C(=O)N2CCCC2)cc1)c1ccc(-n2cc(Br)cn2)cc1. The fourth-order valence-electron chi connectivity index (χ4n) is 3.36. The highest BCUT2D eigenvalue weighted by atomic mass is 79.9. The zero-order valence-corrected chi connectivity index (χ0v) is 17.4. The Hall–Kier alpha value is -2.93. The van der Waals surface area contributed by atoms with E-state index in [4.69, 9.17) is 0 Å². The smallest absolute Gasteiger partial charge is 0.253 e. The predicted octanol–water partition coefficient (Wildman–Crippen LogP) is 3.80. The molecular formula is C22H21BrN4O2. The Bertz CT molecular complexity index is 1010. The lowest BCUT2D eigenvalue weighted by molar-refractivity contribution is 0.0792. The summed E-state index contributed by atoms with van der Waals surface area (Å²) >= 11 is 3.37. The van der Waals surface area contributed by atoms with Crippen LogP contribution in [-0.2, 0) is 6.54 Å². The monoisotopic (exact) mass is 452 g/mol. The van der Waals surface area contributed by atoms with Gasteiger partial charge in [0, 0.05) is 37.0 Å². The fourth-order valence-corrected chi connectivity index (χ4v) is 3.65. The van der Waals surface area contributed by atoms with Crippen molar-refractivity contribution in [3.8, 4) is 5.69 Å². The van der Waals surface area contributed by atoms with Crippen molar-refractivity contribution in [2.24, 2.45) is 0 Å². The molecule has 4 rings (SSSR count). The van der Waals surface area contributed by atoms with Crippen LogP contribution in [0.15, 0.2) is 65.4 Å². The van der Waals surface area contributed by atoms with Gasteiger partial charge in [-0.2, -0.15) is 5.10 Å². The summed E-state index contributed by atoms with van der Waals surface area (Å²) in [6.07, 6.45) is 5.73. The molecule has 2 amide bonds. The lowest BCUT2D eigenvalue weighted by atomic mass is 10.1. The van der Waals surface area contributed by atoms with Gasteiger partial charge in [0.05, 0.1) is 16.4 Å². The van der Waals surface area contributed by atoms with E-state index in [1.807, 2.05) is 47.5 Å². The van der Waals surface area contributed by atoms with Crippen molar-refractivity contribution < 1.29 is 9.59 Å². The van der Waals surface area contributed by atoms with Gasteiger partial charge in [0.15, 0.2) is 0 Å². The molecule has 0 unspecified atom stereocenters. The van der Waals surface area contributed by atoms with Gasteiger partial charge in [-0.3, -0.25) is 9.59 Å². The second-order valence-electron chi connectivity index (χ2n) is 7.03. The van der Waals surface area contributed by atoms with Crippen LogP contribution in [0, 0.1) is 0 Å². The van der Waals surface area contributed by atoms with Gasteiger partial charge in [0.1, 0.15) is 0 Å². The molecule has 7 heteroatoms. The Kier molecular flexibility index (Phi) is 5.76. The number of rotatable bonds is 5. The maximum Gasteiger partial charge on any atom is 0.253 e. The predicted molar refractivity (Wildman–Crippen MR) is 114 cm³/mol. The number of carbonyl (C=O) groups is 2. The molecule has 0 spiro atoms. The Morgan fingerprint density at radius 3 is 2.24 bits per heavy atom. The molecule has 1 fully saturated rings. The molecule has 3 aromatic rings. The average Bonchev–Trinajstić information content (AvgIpc) is 3.44. The summed E-state index contributed by atoms with van der Waals surface area (Å²) in [4.78, 5) is 26.7. The van der Waals surface area contributed by atoms with E-state index in [0.717, 1.165) is 41.7 Å². The zero-order chi connectivity index (χ0) is 20.2.